The largest absolute Gasteiger partial charge is 0.550 e. The molecule has 0 aromatic heterocycles. The van der Waals surface area contributed by atoms with Crippen molar-refractivity contribution in [1.29, 1.82) is 0 Å². The maximum atomic E-state index is 11.7. The van der Waals surface area contributed by atoms with Crippen molar-refractivity contribution in [1.82, 2.24) is 0 Å². The molecule has 8 nitrogen and oxygen atoms in total. The molecule has 0 aromatic rings. The number of aliphatic hydroxyl groups is 1. The standard InChI is InChI=1S/C13H23NO7/c1-8(13(19)20)10(15)6-12(18)21-9(5-11(16)17)7-14(2,3)4/h8-10,15H,5-7H2,1-4H3,(H-,16,17,19,20). The molecule has 0 radical (unpaired) electrons. The first kappa shape index (κ1) is 19.3. The summed E-state index contributed by atoms with van der Waals surface area (Å²) in [4.78, 5) is 33.0. The molecule has 2 N–H and O–H groups in total. The van der Waals surface area contributed by atoms with Gasteiger partial charge in [-0.1, -0.05) is 0 Å². The average molecular weight is 305 g/mol. The third-order valence-electron chi connectivity index (χ3n) is 2.79. The van der Waals surface area contributed by atoms with Crippen molar-refractivity contribution >= 4 is 17.9 Å². The minimum atomic E-state index is -1.39. The fourth-order valence-corrected chi connectivity index (χ4v) is 1.69. The van der Waals surface area contributed by atoms with E-state index in [-0.39, 0.29) is 6.54 Å². The zero-order chi connectivity index (χ0) is 16.8. The van der Waals surface area contributed by atoms with E-state index in [9.17, 15) is 24.6 Å². The summed E-state index contributed by atoms with van der Waals surface area (Å²) in [5, 5.41) is 29.0. The van der Waals surface area contributed by atoms with Gasteiger partial charge < -0.3 is 29.3 Å². The molecule has 0 fully saturated rings. The highest BCUT2D eigenvalue weighted by molar-refractivity contribution is 5.74. The van der Waals surface area contributed by atoms with E-state index >= 15 is 0 Å². The van der Waals surface area contributed by atoms with Crippen molar-refractivity contribution in [2.24, 2.45) is 5.92 Å². The van der Waals surface area contributed by atoms with Crippen molar-refractivity contribution in [3.05, 3.63) is 0 Å². The summed E-state index contributed by atoms with van der Waals surface area (Å²) in [6, 6.07) is 0. The van der Waals surface area contributed by atoms with Crippen LogP contribution in [0.25, 0.3) is 0 Å². The Morgan fingerprint density at radius 2 is 1.71 bits per heavy atom. The second-order valence-corrected chi connectivity index (χ2v) is 6.06. The van der Waals surface area contributed by atoms with E-state index in [1.165, 1.54) is 6.92 Å². The molecule has 0 heterocycles. The summed E-state index contributed by atoms with van der Waals surface area (Å²) in [6.45, 7) is 1.52. The molecule has 122 valence electrons. The van der Waals surface area contributed by atoms with Crippen LogP contribution < -0.4 is 5.11 Å². The van der Waals surface area contributed by atoms with Crippen LogP contribution in [0.3, 0.4) is 0 Å². The summed E-state index contributed by atoms with van der Waals surface area (Å²) < 4.78 is 5.38. The van der Waals surface area contributed by atoms with Crippen LogP contribution in [0.4, 0.5) is 0 Å². The topological polar surface area (TPSA) is 124 Å². The van der Waals surface area contributed by atoms with Crippen LogP contribution in [0.15, 0.2) is 0 Å². The number of carbonyl (C=O) groups excluding carboxylic acids is 2. The van der Waals surface area contributed by atoms with Crippen LogP contribution in [0.1, 0.15) is 19.8 Å². The molecule has 0 rings (SSSR count). The molecule has 0 spiro atoms. The first-order valence-corrected chi connectivity index (χ1v) is 6.53. The highest BCUT2D eigenvalue weighted by Crippen LogP contribution is 2.11. The number of carboxylic acids is 2. The molecule has 3 unspecified atom stereocenters. The fourth-order valence-electron chi connectivity index (χ4n) is 1.69. The first-order chi connectivity index (χ1) is 9.42. The van der Waals surface area contributed by atoms with E-state index < -0.39 is 48.9 Å². The molecule has 0 aliphatic rings. The number of likely N-dealkylation sites (N-methyl/N-ethyl adjacent to an activating group) is 1. The summed E-state index contributed by atoms with van der Waals surface area (Å²) in [7, 11) is 5.41. The second kappa shape index (κ2) is 7.94. The fraction of sp³-hybridized carbons (Fsp3) is 0.769. The summed E-state index contributed by atoms with van der Waals surface area (Å²) in [5.74, 6) is -4.53. The van der Waals surface area contributed by atoms with Gasteiger partial charge in [-0.05, 0) is 6.92 Å². The lowest BCUT2D eigenvalue weighted by Gasteiger charge is -2.29. The third-order valence-corrected chi connectivity index (χ3v) is 2.79. The average Bonchev–Trinajstić information content (AvgIpc) is 2.23. The van der Waals surface area contributed by atoms with Crippen molar-refractivity contribution in [2.45, 2.75) is 32.0 Å². The molecule has 0 amide bonds. The number of carboxylic acid groups (broad SMARTS) is 2. The third kappa shape index (κ3) is 8.98. The zero-order valence-electron chi connectivity index (χ0n) is 12.7. The summed E-state index contributed by atoms with van der Waals surface area (Å²) in [6.07, 6.45) is -3.24. The number of ether oxygens (including phenoxy) is 1. The quantitative estimate of drug-likeness (QED) is 0.381. The monoisotopic (exact) mass is 305 g/mol. The maximum Gasteiger partial charge on any atom is 0.308 e. The lowest BCUT2D eigenvalue weighted by atomic mass is 10.0. The number of aliphatic carboxylic acids is 2. The number of hydrogen-bond donors (Lipinski definition) is 2. The molecule has 3 atom stereocenters. The SMILES string of the molecule is CC(C(=O)O)C(O)CC(=O)OC(CC(=O)[O-])C[N+](C)(C)C. The summed E-state index contributed by atoms with van der Waals surface area (Å²) in [5.41, 5.74) is 0. The van der Waals surface area contributed by atoms with Gasteiger partial charge in [0.25, 0.3) is 0 Å². The van der Waals surface area contributed by atoms with Crippen LogP contribution in [0, 0.1) is 5.92 Å². The molecule has 0 aromatic carbocycles. The van der Waals surface area contributed by atoms with E-state index in [0.717, 1.165) is 0 Å². The van der Waals surface area contributed by atoms with Gasteiger partial charge in [0, 0.05) is 12.4 Å². The number of carbonyl (C=O) groups is 3. The lowest BCUT2D eigenvalue weighted by molar-refractivity contribution is -0.873. The van der Waals surface area contributed by atoms with Gasteiger partial charge in [0.15, 0.2) is 6.10 Å². The minimum absolute atomic E-state index is 0.254. The summed E-state index contributed by atoms with van der Waals surface area (Å²) >= 11 is 0. The van der Waals surface area contributed by atoms with Gasteiger partial charge in [0.2, 0.25) is 0 Å². The van der Waals surface area contributed by atoms with Gasteiger partial charge in [-0.15, -0.1) is 0 Å². The van der Waals surface area contributed by atoms with Crippen molar-refractivity contribution in [3.8, 4) is 0 Å². The second-order valence-electron chi connectivity index (χ2n) is 6.06. The molecule has 0 saturated carbocycles. The van der Waals surface area contributed by atoms with Crippen molar-refractivity contribution in [3.63, 3.8) is 0 Å². The van der Waals surface area contributed by atoms with Crippen LogP contribution in [0.5, 0.6) is 0 Å². The Morgan fingerprint density at radius 1 is 1.19 bits per heavy atom. The Bertz CT molecular complexity index is 388. The minimum Gasteiger partial charge on any atom is -0.550 e. The lowest BCUT2D eigenvalue weighted by Crippen LogP contribution is -2.45. The van der Waals surface area contributed by atoms with E-state index in [1.807, 2.05) is 0 Å². The molecule has 0 bridgehead atoms. The van der Waals surface area contributed by atoms with E-state index in [1.54, 1.807) is 21.1 Å². The zero-order valence-corrected chi connectivity index (χ0v) is 12.7. The van der Waals surface area contributed by atoms with Gasteiger partial charge in [0.05, 0.1) is 39.6 Å². The number of aliphatic hydroxyl groups excluding tert-OH is 1. The van der Waals surface area contributed by atoms with Crippen LogP contribution in [-0.4, -0.2) is 72.5 Å². The van der Waals surface area contributed by atoms with Gasteiger partial charge >= 0.3 is 11.9 Å². The smallest absolute Gasteiger partial charge is 0.308 e. The Morgan fingerprint density at radius 3 is 2.10 bits per heavy atom. The Hall–Kier alpha value is -1.67. The number of quaternary nitrogens is 1. The number of hydrogen-bond acceptors (Lipinski definition) is 6. The molecule has 21 heavy (non-hydrogen) atoms. The number of esters is 1. The highest BCUT2D eigenvalue weighted by atomic mass is 16.5. The Labute approximate surface area is 123 Å². The predicted molar refractivity (Wildman–Crippen MR) is 69.8 cm³/mol. The predicted octanol–water partition coefficient (Wildman–Crippen LogP) is -1.78. The highest BCUT2D eigenvalue weighted by Gasteiger charge is 2.27. The molecular weight excluding hydrogens is 282 g/mol. The first-order valence-electron chi connectivity index (χ1n) is 6.53. The van der Waals surface area contributed by atoms with Gasteiger partial charge in [-0.2, -0.15) is 0 Å². The van der Waals surface area contributed by atoms with Crippen LogP contribution >= 0.6 is 0 Å². The Balaban J connectivity index is 4.59. The van der Waals surface area contributed by atoms with Gasteiger partial charge in [-0.3, -0.25) is 9.59 Å². The van der Waals surface area contributed by atoms with Crippen molar-refractivity contribution < 1.29 is 38.9 Å². The normalized spacial score (nSPS) is 15.9. The number of nitrogens with zero attached hydrogens (tertiary/aromatic N) is 1. The number of rotatable bonds is 9. The molecular formula is C13H23NO7. The molecule has 0 saturated heterocycles. The molecule has 0 aliphatic carbocycles. The van der Waals surface area contributed by atoms with E-state index in [2.05, 4.69) is 0 Å². The molecule has 8 heteroatoms. The Kier molecular flexibility index (Phi) is 7.31. The van der Waals surface area contributed by atoms with Gasteiger partial charge in [0.1, 0.15) is 6.54 Å². The van der Waals surface area contributed by atoms with Gasteiger partial charge in [-0.25, -0.2) is 0 Å². The maximum absolute atomic E-state index is 11.7. The van der Waals surface area contributed by atoms with Crippen LogP contribution in [0.2, 0.25) is 0 Å². The van der Waals surface area contributed by atoms with Crippen molar-refractivity contribution in [2.75, 3.05) is 27.7 Å². The van der Waals surface area contributed by atoms with E-state index in [4.69, 9.17) is 9.84 Å². The molecule has 0 aliphatic heterocycles. The van der Waals surface area contributed by atoms with Crippen LogP contribution in [-0.2, 0) is 19.1 Å². The van der Waals surface area contributed by atoms with E-state index in [0.29, 0.717) is 4.48 Å².